The molecule has 5 N–H and O–H groups in total. The summed E-state index contributed by atoms with van der Waals surface area (Å²) in [6, 6.07) is 0.199. The van der Waals surface area contributed by atoms with Crippen LogP contribution in [0.5, 0.6) is 0 Å². The zero-order valence-electron chi connectivity index (χ0n) is 6.57. The van der Waals surface area contributed by atoms with Crippen LogP contribution in [0.4, 0.5) is 5.69 Å². The number of nitrogens with zero attached hydrogens (tertiary/aromatic N) is 1. The van der Waals surface area contributed by atoms with E-state index in [2.05, 4.69) is 4.98 Å². The van der Waals surface area contributed by atoms with Crippen molar-refractivity contribution in [3.8, 4) is 0 Å². The lowest BCUT2D eigenvalue weighted by molar-refractivity contribution is -0.138. The summed E-state index contributed by atoms with van der Waals surface area (Å²) in [6.07, 6.45) is 1.30. The van der Waals surface area contributed by atoms with Crippen LogP contribution in [-0.2, 0) is 4.79 Å². The van der Waals surface area contributed by atoms with Crippen molar-refractivity contribution in [2.24, 2.45) is 5.73 Å². The molecule has 0 unspecified atom stereocenters. The molecule has 0 aliphatic carbocycles. The molecule has 1 aromatic heterocycles. The smallest absolute Gasteiger partial charge is 0.326 e. The fourth-order valence-corrected chi connectivity index (χ4v) is 1.01. The second kappa shape index (κ2) is 3.59. The van der Waals surface area contributed by atoms with E-state index in [1.807, 2.05) is 0 Å². The van der Waals surface area contributed by atoms with E-state index in [1.165, 1.54) is 12.3 Å². The van der Waals surface area contributed by atoms with E-state index in [1.54, 1.807) is 0 Å². The second-order valence-electron chi connectivity index (χ2n) is 2.44. The second-order valence-corrected chi connectivity index (χ2v) is 2.88. The van der Waals surface area contributed by atoms with Gasteiger partial charge in [0.15, 0.2) is 0 Å². The Morgan fingerprint density at radius 3 is 2.77 bits per heavy atom. The molecule has 5 nitrogen and oxygen atoms in total. The summed E-state index contributed by atoms with van der Waals surface area (Å²) < 4.78 is 0. The van der Waals surface area contributed by atoms with E-state index in [4.69, 9.17) is 28.2 Å². The third kappa shape index (κ3) is 2.07. The minimum atomic E-state index is -1.21. The third-order valence-corrected chi connectivity index (χ3v) is 1.68. The molecule has 0 spiro atoms. The number of carbonyl (C=O) groups is 1. The molecule has 13 heavy (non-hydrogen) atoms. The zero-order chi connectivity index (χ0) is 10.0. The Kier molecular flexibility index (Phi) is 2.69. The topological polar surface area (TPSA) is 102 Å². The van der Waals surface area contributed by atoms with Crippen molar-refractivity contribution >= 4 is 23.3 Å². The highest BCUT2D eigenvalue weighted by atomic mass is 35.5. The molecule has 0 saturated carbocycles. The van der Waals surface area contributed by atoms with Crippen molar-refractivity contribution in [3.05, 3.63) is 23.0 Å². The predicted octanol–water partition coefficient (Wildman–Crippen LogP) is 0.402. The number of pyridine rings is 1. The summed E-state index contributed by atoms with van der Waals surface area (Å²) in [7, 11) is 0. The van der Waals surface area contributed by atoms with Crippen LogP contribution in [0.25, 0.3) is 0 Å². The number of rotatable bonds is 2. The van der Waals surface area contributed by atoms with Gasteiger partial charge in [-0.05, 0) is 6.07 Å². The number of aliphatic carboxylic acids is 1. The van der Waals surface area contributed by atoms with E-state index in [0.29, 0.717) is 5.02 Å². The molecular formula is C7H8ClN3O2. The van der Waals surface area contributed by atoms with Crippen molar-refractivity contribution < 1.29 is 9.90 Å². The molecule has 0 aliphatic heterocycles. The first-order chi connectivity index (χ1) is 6.02. The summed E-state index contributed by atoms with van der Waals surface area (Å²) in [6.45, 7) is 0. The van der Waals surface area contributed by atoms with Crippen molar-refractivity contribution in [3.63, 3.8) is 0 Å². The molecule has 0 aliphatic rings. The number of nitrogens with two attached hydrogens (primary N) is 2. The number of hydrogen-bond donors (Lipinski definition) is 3. The van der Waals surface area contributed by atoms with Gasteiger partial charge in [0.1, 0.15) is 6.04 Å². The average Bonchev–Trinajstić information content (AvgIpc) is 2.03. The summed E-state index contributed by atoms with van der Waals surface area (Å²) in [5.41, 5.74) is 11.1. The number of halogens is 1. The average molecular weight is 202 g/mol. The summed E-state index contributed by atoms with van der Waals surface area (Å²) in [5, 5.41) is 8.92. The summed E-state index contributed by atoms with van der Waals surface area (Å²) >= 11 is 5.57. The lowest BCUT2D eigenvalue weighted by Gasteiger charge is -2.08. The Bertz CT molecular complexity index is 343. The Morgan fingerprint density at radius 2 is 2.31 bits per heavy atom. The molecule has 1 heterocycles. The molecule has 0 saturated heterocycles. The largest absolute Gasteiger partial charge is 0.480 e. The SMILES string of the molecule is Nc1cc(Cl)cnc1[C@H](N)C(=O)O. The van der Waals surface area contributed by atoms with Gasteiger partial charge < -0.3 is 16.6 Å². The van der Waals surface area contributed by atoms with Crippen molar-refractivity contribution in [1.82, 2.24) is 4.98 Å². The normalized spacial score (nSPS) is 12.5. The lowest BCUT2D eigenvalue weighted by Crippen LogP contribution is -2.23. The van der Waals surface area contributed by atoms with E-state index in [-0.39, 0.29) is 11.4 Å². The minimum Gasteiger partial charge on any atom is -0.480 e. The highest BCUT2D eigenvalue weighted by molar-refractivity contribution is 6.30. The van der Waals surface area contributed by atoms with Crippen LogP contribution in [0.3, 0.4) is 0 Å². The Morgan fingerprint density at radius 1 is 1.69 bits per heavy atom. The highest BCUT2D eigenvalue weighted by Gasteiger charge is 2.18. The number of carboxylic acids is 1. The highest BCUT2D eigenvalue weighted by Crippen LogP contribution is 2.19. The standard InChI is InChI=1S/C7H8ClN3O2/c8-3-1-4(9)6(11-2-3)5(10)7(12)13/h1-2,5H,9-10H2,(H,12,13)/t5-/m0/s1. The first kappa shape index (κ1) is 9.76. The quantitative estimate of drug-likeness (QED) is 0.643. The van der Waals surface area contributed by atoms with Gasteiger partial charge in [-0.15, -0.1) is 0 Å². The number of aromatic nitrogens is 1. The van der Waals surface area contributed by atoms with Crippen LogP contribution >= 0.6 is 11.6 Å². The van der Waals surface area contributed by atoms with Gasteiger partial charge in [0.25, 0.3) is 0 Å². The molecule has 1 atom stereocenters. The van der Waals surface area contributed by atoms with E-state index in [9.17, 15) is 4.79 Å². The third-order valence-electron chi connectivity index (χ3n) is 1.48. The molecule has 1 aromatic rings. The first-order valence-electron chi connectivity index (χ1n) is 3.41. The van der Waals surface area contributed by atoms with Crippen LogP contribution in [0, 0.1) is 0 Å². The molecule has 0 fully saturated rings. The predicted molar refractivity (Wildman–Crippen MR) is 48.2 cm³/mol. The van der Waals surface area contributed by atoms with Crippen LogP contribution in [0.2, 0.25) is 5.02 Å². The van der Waals surface area contributed by atoms with Gasteiger partial charge in [-0.1, -0.05) is 11.6 Å². The number of carboxylic acid groups (broad SMARTS) is 1. The van der Waals surface area contributed by atoms with E-state index >= 15 is 0 Å². The van der Waals surface area contributed by atoms with Gasteiger partial charge in [-0.25, -0.2) is 0 Å². The number of hydrogen-bond acceptors (Lipinski definition) is 4. The van der Waals surface area contributed by atoms with Crippen molar-refractivity contribution in [2.75, 3.05) is 5.73 Å². The van der Waals surface area contributed by atoms with Gasteiger partial charge in [0.05, 0.1) is 16.4 Å². The fourth-order valence-electron chi connectivity index (χ4n) is 0.842. The molecular weight excluding hydrogens is 194 g/mol. The number of nitrogen functional groups attached to an aromatic ring is 1. The molecule has 0 bridgehead atoms. The zero-order valence-corrected chi connectivity index (χ0v) is 7.32. The first-order valence-corrected chi connectivity index (χ1v) is 3.79. The van der Waals surface area contributed by atoms with Crippen molar-refractivity contribution in [1.29, 1.82) is 0 Å². The minimum absolute atomic E-state index is 0.122. The van der Waals surface area contributed by atoms with Crippen LogP contribution < -0.4 is 11.5 Å². The maximum Gasteiger partial charge on any atom is 0.326 e. The van der Waals surface area contributed by atoms with Crippen LogP contribution in [-0.4, -0.2) is 16.1 Å². The number of anilines is 1. The molecule has 6 heteroatoms. The molecule has 1 rings (SSSR count). The Hall–Kier alpha value is -1.33. The van der Waals surface area contributed by atoms with Gasteiger partial charge in [0, 0.05) is 6.20 Å². The van der Waals surface area contributed by atoms with Crippen LogP contribution in [0.15, 0.2) is 12.3 Å². The lowest BCUT2D eigenvalue weighted by atomic mass is 10.2. The van der Waals surface area contributed by atoms with Gasteiger partial charge in [-0.2, -0.15) is 0 Å². The van der Waals surface area contributed by atoms with Gasteiger partial charge >= 0.3 is 5.97 Å². The van der Waals surface area contributed by atoms with Gasteiger partial charge in [0.2, 0.25) is 0 Å². The van der Waals surface area contributed by atoms with Crippen LogP contribution in [0.1, 0.15) is 11.7 Å². The molecule has 0 aromatic carbocycles. The van der Waals surface area contributed by atoms with Gasteiger partial charge in [-0.3, -0.25) is 9.78 Å². The maximum atomic E-state index is 10.5. The van der Waals surface area contributed by atoms with Crippen molar-refractivity contribution in [2.45, 2.75) is 6.04 Å². The molecule has 0 radical (unpaired) electrons. The monoisotopic (exact) mass is 201 g/mol. The Labute approximate surface area is 79.3 Å². The molecule has 70 valence electrons. The summed E-state index contributed by atoms with van der Waals surface area (Å²) in [5.74, 6) is -1.18. The summed E-state index contributed by atoms with van der Waals surface area (Å²) in [4.78, 5) is 14.2. The van der Waals surface area contributed by atoms with E-state index < -0.39 is 12.0 Å². The maximum absolute atomic E-state index is 10.5. The van der Waals surface area contributed by atoms with E-state index in [0.717, 1.165) is 0 Å². The fraction of sp³-hybridized carbons (Fsp3) is 0.143. The molecule has 0 amide bonds. The Balaban J connectivity index is 3.08.